The Morgan fingerprint density at radius 2 is 2.36 bits per heavy atom. The van der Waals surface area contributed by atoms with Crippen molar-refractivity contribution in [2.24, 2.45) is 0 Å². The molecule has 0 aromatic heterocycles. The molecule has 1 rings (SSSR count). The van der Waals surface area contributed by atoms with E-state index in [1.54, 1.807) is 18.2 Å². The molecule has 0 bridgehead atoms. The monoisotopic (exact) mass is 190 g/mol. The molecule has 0 aliphatic rings. The second-order valence-corrected chi connectivity index (χ2v) is 2.56. The van der Waals surface area contributed by atoms with Crippen molar-refractivity contribution < 1.29 is 9.53 Å². The molecule has 0 saturated carbocycles. The van der Waals surface area contributed by atoms with Gasteiger partial charge in [0.15, 0.2) is 0 Å². The van der Waals surface area contributed by atoms with Gasteiger partial charge in [-0.05, 0) is 18.1 Å². The summed E-state index contributed by atoms with van der Waals surface area (Å²) >= 11 is 0. The predicted octanol–water partition coefficient (Wildman–Crippen LogP) is 0.849. The maximum absolute atomic E-state index is 10.8. The van der Waals surface area contributed by atoms with Gasteiger partial charge in [0, 0.05) is 11.8 Å². The number of anilines is 2. The van der Waals surface area contributed by atoms with Gasteiger partial charge in [-0.15, -0.1) is 6.42 Å². The van der Waals surface area contributed by atoms with Crippen molar-refractivity contribution in [1.29, 1.82) is 0 Å². The molecule has 4 heteroatoms. The summed E-state index contributed by atoms with van der Waals surface area (Å²) in [5.41, 5.74) is 6.65. The molecule has 0 heterocycles. The number of nitrogen functional groups attached to an aromatic ring is 1. The Morgan fingerprint density at radius 1 is 1.64 bits per heavy atom. The number of ether oxygens (including phenoxy) is 1. The van der Waals surface area contributed by atoms with E-state index < -0.39 is 5.91 Å². The van der Waals surface area contributed by atoms with E-state index in [1.807, 2.05) is 5.92 Å². The Kier molecular flexibility index (Phi) is 2.97. The number of carbonyl (C=O) groups excluding carboxylic acids is 1. The number of methoxy groups -OCH3 is 1. The maximum atomic E-state index is 10.8. The third-order valence-corrected chi connectivity index (χ3v) is 1.62. The number of amides is 1. The van der Waals surface area contributed by atoms with Gasteiger partial charge in [-0.3, -0.25) is 4.79 Å². The lowest BCUT2D eigenvalue weighted by atomic mass is 10.2. The van der Waals surface area contributed by atoms with Crippen LogP contribution in [0.2, 0.25) is 0 Å². The molecule has 1 amide bonds. The summed E-state index contributed by atoms with van der Waals surface area (Å²) in [4.78, 5) is 10.8. The Morgan fingerprint density at radius 3 is 2.93 bits per heavy atom. The van der Waals surface area contributed by atoms with E-state index in [1.165, 1.54) is 7.11 Å². The highest BCUT2D eigenvalue weighted by molar-refractivity contribution is 6.03. The van der Waals surface area contributed by atoms with Gasteiger partial charge in [0.05, 0.1) is 12.8 Å². The van der Waals surface area contributed by atoms with Gasteiger partial charge in [0.1, 0.15) is 5.75 Å². The number of hydrogen-bond acceptors (Lipinski definition) is 3. The van der Waals surface area contributed by atoms with E-state index in [9.17, 15) is 4.79 Å². The first-order valence-electron chi connectivity index (χ1n) is 3.88. The van der Waals surface area contributed by atoms with Crippen LogP contribution in [0.3, 0.4) is 0 Å². The molecule has 0 spiro atoms. The molecule has 0 aliphatic heterocycles. The second-order valence-electron chi connectivity index (χ2n) is 2.56. The average molecular weight is 190 g/mol. The van der Waals surface area contributed by atoms with Crippen LogP contribution in [-0.4, -0.2) is 13.0 Å². The number of terminal acetylenes is 1. The van der Waals surface area contributed by atoms with Crippen LogP contribution >= 0.6 is 0 Å². The van der Waals surface area contributed by atoms with Crippen molar-refractivity contribution in [3.05, 3.63) is 18.2 Å². The molecule has 0 atom stereocenters. The average Bonchev–Trinajstić information content (AvgIpc) is 2.20. The van der Waals surface area contributed by atoms with Crippen molar-refractivity contribution in [1.82, 2.24) is 0 Å². The van der Waals surface area contributed by atoms with Crippen LogP contribution in [0.1, 0.15) is 0 Å². The fourth-order valence-electron chi connectivity index (χ4n) is 0.956. The number of nitrogens with two attached hydrogens (primary N) is 1. The molecule has 0 fully saturated rings. The number of rotatable bonds is 2. The molecular weight excluding hydrogens is 180 g/mol. The van der Waals surface area contributed by atoms with Crippen molar-refractivity contribution in [2.45, 2.75) is 0 Å². The van der Waals surface area contributed by atoms with Crippen LogP contribution in [-0.2, 0) is 4.79 Å². The summed E-state index contributed by atoms with van der Waals surface area (Å²) in [5.74, 6) is 1.94. The van der Waals surface area contributed by atoms with Crippen LogP contribution in [0.4, 0.5) is 11.4 Å². The zero-order chi connectivity index (χ0) is 10.6. The standard InChI is InChI=1S/C10H10N2O2/c1-3-10(13)12-7-4-5-8(11)9(6-7)14-2/h1,4-6H,11H2,2H3,(H,12,13). The first-order chi connectivity index (χ1) is 6.67. The van der Waals surface area contributed by atoms with Gasteiger partial charge in [0.2, 0.25) is 0 Å². The molecule has 0 radical (unpaired) electrons. The molecule has 4 nitrogen and oxygen atoms in total. The van der Waals surface area contributed by atoms with Crippen LogP contribution in [0.25, 0.3) is 0 Å². The zero-order valence-electron chi connectivity index (χ0n) is 7.70. The van der Waals surface area contributed by atoms with Crippen molar-refractivity contribution >= 4 is 17.3 Å². The van der Waals surface area contributed by atoms with Crippen LogP contribution < -0.4 is 15.8 Å². The number of hydrogen-bond donors (Lipinski definition) is 2. The van der Waals surface area contributed by atoms with Gasteiger partial charge in [-0.1, -0.05) is 0 Å². The quantitative estimate of drug-likeness (QED) is 0.536. The fourth-order valence-corrected chi connectivity index (χ4v) is 0.956. The van der Waals surface area contributed by atoms with E-state index in [-0.39, 0.29) is 0 Å². The summed E-state index contributed by atoms with van der Waals surface area (Å²) in [6, 6.07) is 4.88. The summed E-state index contributed by atoms with van der Waals surface area (Å²) in [5, 5.41) is 2.48. The Labute approximate surface area is 82.1 Å². The molecule has 72 valence electrons. The lowest BCUT2D eigenvalue weighted by molar-refractivity contribution is -0.111. The Balaban J connectivity index is 2.91. The largest absolute Gasteiger partial charge is 0.495 e. The van der Waals surface area contributed by atoms with Gasteiger partial charge in [0.25, 0.3) is 5.91 Å². The van der Waals surface area contributed by atoms with Crippen LogP contribution in [0, 0.1) is 12.3 Å². The van der Waals surface area contributed by atoms with Gasteiger partial charge in [-0.2, -0.15) is 0 Å². The molecule has 0 aliphatic carbocycles. The smallest absolute Gasteiger partial charge is 0.300 e. The number of benzene rings is 1. The molecule has 3 N–H and O–H groups in total. The van der Waals surface area contributed by atoms with Crippen LogP contribution in [0.5, 0.6) is 5.75 Å². The molecule has 0 unspecified atom stereocenters. The first kappa shape index (κ1) is 9.93. The highest BCUT2D eigenvalue weighted by Gasteiger charge is 2.02. The predicted molar refractivity (Wildman–Crippen MR) is 54.9 cm³/mol. The van der Waals surface area contributed by atoms with E-state index in [4.69, 9.17) is 16.9 Å². The second kappa shape index (κ2) is 4.19. The summed E-state index contributed by atoms with van der Waals surface area (Å²) in [6.45, 7) is 0. The van der Waals surface area contributed by atoms with Crippen molar-refractivity contribution in [3.8, 4) is 18.1 Å². The van der Waals surface area contributed by atoms with E-state index in [0.717, 1.165) is 0 Å². The van der Waals surface area contributed by atoms with E-state index in [2.05, 4.69) is 5.32 Å². The van der Waals surface area contributed by atoms with Crippen molar-refractivity contribution in [2.75, 3.05) is 18.2 Å². The summed E-state index contributed by atoms with van der Waals surface area (Å²) < 4.78 is 4.97. The lowest BCUT2D eigenvalue weighted by Gasteiger charge is -2.06. The topological polar surface area (TPSA) is 64.4 Å². The summed E-state index contributed by atoms with van der Waals surface area (Å²) in [7, 11) is 1.50. The number of carbonyl (C=O) groups is 1. The number of nitrogens with one attached hydrogen (secondary N) is 1. The third kappa shape index (κ3) is 2.17. The van der Waals surface area contributed by atoms with E-state index >= 15 is 0 Å². The fraction of sp³-hybridized carbons (Fsp3) is 0.100. The zero-order valence-corrected chi connectivity index (χ0v) is 7.70. The molecular formula is C10H10N2O2. The maximum Gasteiger partial charge on any atom is 0.300 e. The SMILES string of the molecule is C#CC(=O)Nc1ccc(N)c(OC)c1. The minimum atomic E-state index is -0.503. The normalized spacial score (nSPS) is 8.86. The Hall–Kier alpha value is -2.15. The lowest BCUT2D eigenvalue weighted by Crippen LogP contribution is -2.08. The minimum Gasteiger partial charge on any atom is -0.495 e. The van der Waals surface area contributed by atoms with Crippen molar-refractivity contribution in [3.63, 3.8) is 0 Å². The highest BCUT2D eigenvalue weighted by atomic mass is 16.5. The van der Waals surface area contributed by atoms with Gasteiger partial charge < -0.3 is 15.8 Å². The molecule has 1 aromatic rings. The first-order valence-corrected chi connectivity index (χ1v) is 3.88. The molecule has 0 saturated heterocycles. The third-order valence-electron chi connectivity index (χ3n) is 1.62. The Bertz CT molecular complexity index is 394. The van der Waals surface area contributed by atoms with E-state index in [0.29, 0.717) is 17.1 Å². The molecule has 14 heavy (non-hydrogen) atoms. The van der Waals surface area contributed by atoms with Gasteiger partial charge in [-0.25, -0.2) is 0 Å². The van der Waals surface area contributed by atoms with Gasteiger partial charge >= 0.3 is 0 Å². The van der Waals surface area contributed by atoms with Crippen LogP contribution in [0.15, 0.2) is 18.2 Å². The summed E-state index contributed by atoms with van der Waals surface area (Å²) in [6.07, 6.45) is 4.90. The molecule has 1 aromatic carbocycles. The highest BCUT2D eigenvalue weighted by Crippen LogP contribution is 2.24. The minimum absolute atomic E-state index is 0.500.